The summed E-state index contributed by atoms with van der Waals surface area (Å²) in [5, 5.41) is 4.72. The maximum absolute atomic E-state index is 10.6. The fourth-order valence-corrected chi connectivity index (χ4v) is 1.46. The minimum atomic E-state index is 0.0799. The second kappa shape index (κ2) is 5.80. The van der Waals surface area contributed by atoms with Crippen LogP contribution in [0.25, 0.3) is 0 Å². The molecule has 1 heterocycles. The monoisotopic (exact) mass is 213 g/mol. The first kappa shape index (κ1) is 11.2. The summed E-state index contributed by atoms with van der Waals surface area (Å²) in [6.45, 7) is 4.80. The molecule has 1 N–H and O–H groups in total. The van der Waals surface area contributed by atoms with Crippen molar-refractivity contribution in [2.24, 2.45) is 9.98 Å². The third kappa shape index (κ3) is 3.91. The Labute approximate surface area is 88.3 Å². The van der Waals surface area contributed by atoms with Gasteiger partial charge in [0.1, 0.15) is 6.54 Å². The number of unbranched alkanes of at least 4 members (excludes halogenated alkanes) is 1. The van der Waals surface area contributed by atoms with Gasteiger partial charge in [0.05, 0.1) is 0 Å². The van der Waals surface area contributed by atoms with Crippen LogP contribution in [-0.4, -0.2) is 29.2 Å². The quantitative estimate of drug-likeness (QED) is 0.703. The van der Waals surface area contributed by atoms with E-state index in [1.165, 1.54) is 18.7 Å². The number of rotatable bonds is 5. The highest BCUT2D eigenvalue weighted by molar-refractivity contribution is 8.29. The van der Waals surface area contributed by atoms with E-state index in [0.717, 1.165) is 29.7 Å². The van der Waals surface area contributed by atoms with Crippen molar-refractivity contribution in [3.8, 4) is 0 Å². The van der Waals surface area contributed by atoms with E-state index in [9.17, 15) is 4.79 Å². The molecule has 1 rings (SSSR count). The van der Waals surface area contributed by atoms with Gasteiger partial charge >= 0.3 is 0 Å². The van der Waals surface area contributed by atoms with Crippen molar-refractivity contribution in [3.05, 3.63) is 0 Å². The maximum Gasteiger partial charge on any atom is 0.170 e. The fourth-order valence-electron chi connectivity index (χ4n) is 0.853. The molecule has 0 amide bonds. The van der Waals surface area contributed by atoms with Crippen molar-refractivity contribution in [2.45, 2.75) is 26.7 Å². The molecule has 5 heteroatoms. The number of carbonyl (C=O) groups excluding carboxylic acids is 1. The number of Topliss-reactive ketones (excluding diaryl/α,β-unsaturated/α-hetero) is 1. The van der Waals surface area contributed by atoms with Gasteiger partial charge in [-0.1, -0.05) is 13.3 Å². The average Bonchev–Trinajstić information content (AvgIpc) is 2.07. The zero-order valence-electron chi connectivity index (χ0n) is 8.54. The van der Waals surface area contributed by atoms with Gasteiger partial charge in [0.25, 0.3) is 0 Å². The van der Waals surface area contributed by atoms with Crippen LogP contribution >= 0.6 is 11.8 Å². The van der Waals surface area contributed by atoms with E-state index in [4.69, 9.17) is 0 Å². The molecule has 4 nitrogen and oxygen atoms in total. The molecule has 0 saturated carbocycles. The first-order valence-electron chi connectivity index (χ1n) is 4.75. The molecule has 0 bridgehead atoms. The van der Waals surface area contributed by atoms with Gasteiger partial charge in [0.15, 0.2) is 16.1 Å². The van der Waals surface area contributed by atoms with Crippen molar-refractivity contribution in [3.63, 3.8) is 0 Å². The van der Waals surface area contributed by atoms with Crippen molar-refractivity contribution in [1.82, 2.24) is 5.32 Å². The summed E-state index contributed by atoms with van der Waals surface area (Å²) in [6.07, 6.45) is 2.28. The van der Waals surface area contributed by atoms with E-state index < -0.39 is 0 Å². The summed E-state index contributed by atoms with van der Waals surface area (Å²) in [6, 6.07) is 0. The lowest BCUT2D eigenvalue weighted by molar-refractivity contribution is -0.115. The van der Waals surface area contributed by atoms with Crippen LogP contribution in [0.5, 0.6) is 0 Å². The second-order valence-corrected chi connectivity index (χ2v) is 4.07. The molecular formula is C9H15N3OS. The number of ketones is 1. The zero-order valence-corrected chi connectivity index (χ0v) is 9.36. The lowest BCUT2D eigenvalue weighted by atomic mass is 10.3. The van der Waals surface area contributed by atoms with Gasteiger partial charge < -0.3 is 5.32 Å². The predicted molar refractivity (Wildman–Crippen MR) is 60.9 cm³/mol. The highest BCUT2D eigenvalue weighted by Crippen LogP contribution is 2.14. The first-order chi connectivity index (χ1) is 6.72. The van der Waals surface area contributed by atoms with Crippen molar-refractivity contribution < 1.29 is 4.79 Å². The van der Waals surface area contributed by atoms with Crippen molar-refractivity contribution in [1.29, 1.82) is 0 Å². The van der Waals surface area contributed by atoms with Crippen LogP contribution in [0.15, 0.2) is 9.98 Å². The summed E-state index contributed by atoms with van der Waals surface area (Å²) < 4.78 is 0. The minimum Gasteiger partial charge on any atom is -0.314 e. The Morgan fingerprint density at radius 1 is 1.43 bits per heavy atom. The van der Waals surface area contributed by atoms with E-state index in [1.807, 2.05) is 0 Å². The first-order valence-corrected chi connectivity index (χ1v) is 5.57. The second-order valence-electron chi connectivity index (χ2n) is 3.09. The largest absolute Gasteiger partial charge is 0.314 e. The van der Waals surface area contributed by atoms with Gasteiger partial charge in [-0.2, -0.15) is 0 Å². The van der Waals surface area contributed by atoms with Gasteiger partial charge in [0.2, 0.25) is 0 Å². The Balaban J connectivity index is 2.19. The third-order valence-corrected chi connectivity index (χ3v) is 2.47. The molecule has 78 valence electrons. The lowest BCUT2D eigenvalue weighted by Crippen LogP contribution is -2.39. The number of nitrogens with zero attached hydrogens (tertiary/aromatic N) is 2. The molecule has 1 saturated heterocycles. The molecule has 0 unspecified atom stereocenters. The molecule has 1 aliphatic rings. The summed E-state index contributed by atoms with van der Waals surface area (Å²) in [5.41, 5.74) is 0. The SMILES string of the molecule is CCCCN=C1NC(=NCC(C)=O)S1. The Bertz CT molecular complexity index is 263. The molecule has 0 aromatic carbocycles. The van der Waals surface area contributed by atoms with E-state index in [-0.39, 0.29) is 12.3 Å². The Hall–Kier alpha value is -0.840. The summed E-state index contributed by atoms with van der Waals surface area (Å²) >= 11 is 1.50. The number of hydrogen-bond donors (Lipinski definition) is 1. The highest BCUT2D eigenvalue weighted by atomic mass is 32.2. The third-order valence-electron chi connectivity index (χ3n) is 1.62. The van der Waals surface area contributed by atoms with Crippen LogP contribution in [0.4, 0.5) is 0 Å². The number of hydrogen-bond acceptors (Lipinski definition) is 4. The van der Waals surface area contributed by atoms with E-state index >= 15 is 0 Å². The van der Waals surface area contributed by atoms with Crippen LogP contribution in [0.2, 0.25) is 0 Å². The summed E-state index contributed by atoms with van der Waals surface area (Å²) in [7, 11) is 0. The number of thioether (sulfide) groups is 1. The van der Waals surface area contributed by atoms with Crippen LogP contribution < -0.4 is 5.32 Å². The number of carbonyl (C=O) groups is 1. The summed E-state index contributed by atoms with van der Waals surface area (Å²) in [5.74, 6) is 0.0799. The molecule has 0 atom stereocenters. The lowest BCUT2D eigenvalue weighted by Gasteiger charge is -2.19. The molecule has 0 radical (unpaired) electrons. The van der Waals surface area contributed by atoms with Crippen LogP contribution in [-0.2, 0) is 4.79 Å². The Kier molecular flexibility index (Phi) is 4.65. The van der Waals surface area contributed by atoms with Crippen molar-refractivity contribution in [2.75, 3.05) is 13.1 Å². The smallest absolute Gasteiger partial charge is 0.170 e. The van der Waals surface area contributed by atoms with Crippen LogP contribution in [0.1, 0.15) is 26.7 Å². The molecule has 1 aliphatic heterocycles. The van der Waals surface area contributed by atoms with E-state index in [1.54, 1.807) is 0 Å². The predicted octanol–water partition coefficient (Wildman–Crippen LogP) is 1.42. The van der Waals surface area contributed by atoms with Gasteiger partial charge in [0, 0.05) is 6.54 Å². The number of amidine groups is 2. The van der Waals surface area contributed by atoms with Crippen molar-refractivity contribution >= 4 is 27.9 Å². The summed E-state index contributed by atoms with van der Waals surface area (Å²) in [4.78, 5) is 19.0. The van der Waals surface area contributed by atoms with Crippen LogP contribution in [0.3, 0.4) is 0 Å². The number of aliphatic imine (C=N–C) groups is 2. The van der Waals surface area contributed by atoms with Gasteiger partial charge in [-0.25, -0.2) is 0 Å². The van der Waals surface area contributed by atoms with E-state index in [0.29, 0.717) is 0 Å². The molecule has 0 spiro atoms. The normalized spacial score (nSPS) is 20.7. The molecule has 0 aliphatic carbocycles. The van der Waals surface area contributed by atoms with Crippen LogP contribution in [0, 0.1) is 0 Å². The average molecular weight is 213 g/mol. The fraction of sp³-hybridized carbons (Fsp3) is 0.667. The molecule has 14 heavy (non-hydrogen) atoms. The van der Waals surface area contributed by atoms with E-state index in [2.05, 4.69) is 22.2 Å². The Morgan fingerprint density at radius 2 is 2.07 bits per heavy atom. The highest BCUT2D eigenvalue weighted by Gasteiger charge is 2.18. The van der Waals surface area contributed by atoms with Gasteiger partial charge in [-0.3, -0.25) is 14.8 Å². The maximum atomic E-state index is 10.6. The number of nitrogens with one attached hydrogen (secondary N) is 1. The zero-order chi connectivity index (χ0) is 10.4. The molecule has 1 fully saturated rings. The topological polar surface area (TPSA) is 53.8 Å². The van der Waals surface area contributed by atoms with Gasteiger partial charge in [-0.15, -0.1) is 0 Å². The standard InChI is InChI=1S/C9H15N3OS/c1-3-4-5-10-8-12-9(14-8)11-6-7(2)13/h3-6H2,1-2H3,(H,10,11,12). The molecule has 0 aromatic rings. The molecular weight excluding hydrogens is 198 g/mol. The minimum absolute atomic E-state index is 0.0799. The molecule has 0 aromatic heterocycles. The van der Waals surface area contributed by atoms with Gasteiger partial charge in [-0.05, 0) is 25.1 Å². The Morgan fingerprint density at radius 3 is 2.64 bits per heavy atom.